The van der Waals surface area contributed by atoms with E-state index in [4.69, 9.17) is 5.84 Å². The van der Waals surface area contributed by atoms with E-state index in [1.807, 2.05) is 25.1 Å². The molecule has 0 unspecified atom stereocenters. The number of hydrogen-bond donors (Lipinski definition) is 2. The smallest absolute Gasteiger partial charge is 0.151 e. The maximum absolute atomic E-state index is 5.53. The van der Waals surface area contributed by atoms with Gasteiger partial charge in [0.25, 0.3) is 0 Å². The molecule has 4 heteroatoms. The van der Waals surface area contributed by atoms with Gasteiger partial charge in [-0.2, -0.15) is 0 Å². The Kier molecular flexibility index (Phi) is 2.04. The van der Waals surface area contributed by atoms with Crippen molar-refractivity contribution >= 4 is 16.7 Å². The molecule has 1 aliphatic rings. The molecule has 82 valence electrons. The van der Waals surface area contributed by atoms with Gasteiger partial charge >= 0.3 is 0 Å². The van der Waals surface area contributed by atoms with E-state index in [0.29, 0.717) is 5.92 Å². The van der Waals surface area contributed by atoms with Crippen LogP contribution in [0, 0.1) is 6.92 Å². The van der Waals surface area contributed by atoms with Crippen LogP contribution >= 0.6 is 0 Å². The lowest BCUT2D eigenvalue weighted by molar-refractivity contribution is 0.945. The summed E-state index contributed by atoms with van der Waals surface area (Å²) in [6.45, 7) is 2.04. The molecule has 1 fully saturated rings. The number of fused-ring (bicyclic) bond motifs is 1. The molecule has 4 nitrogen and oxygen atoms in total. The number of nitrogen functional groups attached to an aromatic ring is 1. The molecule has 1 aromatic carbocycles. The van der Waals surface area contributed by atoms with Crippen molar-refractivity contribution in [3.05, 3.63) is 29.6 Å². The van der Waals surface area contributed by atoms with Gasteiger partial charge < -0.3 is 5.43 Å². The highest BCUT2D eigenvalue weighted by Crippen LogP contribution is 2.39. The fraction of sp³-hybridized carbons (Fsp3) is 0.333. The summed E-state index contributed by atoms with van der Waals surface area (Å²) in [5, 5.41) is 1.02. The molecular formula is C12H14N4. The Balaban J connectivity index is 2.30. The molecule has 0 radical (unpaired) electrons. The molecule has 0 atom stereocenters. The summed E-state index contributed by atoms with van der Waals surface area (Å²) in [5.41, 5.74) is 4.81. The lowest BCUT2D eigenvalue weighted by Gasteiger charge is -2.09. The van der Waals surface area contributed by atoms with Crippen LogP contribution in [-0.4, -0.2) is 9.97 Å². The number of rotatable bonds is 2. The lowest BCUT2D eigenvalue weighted by Crippen LogP contribution is -2.11. The number of nitrogens with one attached hydrogen (secondary N) is 1. The van der Waals surface area contributed by atoms with Gasteiger partial charge in [-0.25, -0.2) is 15.8 Å². The van der Waals surface area contributed by atoms with Crippen LogP contribution in [0.5, 0.6) is 0 Å². The Bertz CT molecular complexity index is 546. The number of hydrazine groups is 1. The zero-order valence-corrected chi connectivity index (χ0v) is 9.20. The molecule has 3 N–H and O–H groups in total. The quantitative estimate of drug-likeness (QED) is 0.593. The average molecular weight is 214 g/mol. The number of anilines is 1. The van der Waals surface area contributed by atoms with Crippen molar-refractivity contribution < 1.29 is 0 Å². The van der Waals surface area contributed by atoms with Crippen molar-refractivity contribution in [2.75, 3.05) is 5.43 Å². The molecule has 0 saturated heterocycles. The van der Waals surface area contributed by atoms with E-state index in [2.05, 4.69) is 15.4 Å². The van der Waals surface area contributed by atoms with Gasteiger partial charge in [0.15, 0.2) is 5.82 Å². The van der Waals surface area contributed by atoms with Crippen LogP contribution < -0.4 is 11.3 Å². The van der Waals surface area contributed by atoms with E-state index in [1.54, 1.807) is 0 Å². The summed E-state index contributed by atoms with van der Waals surface area (Å²) in [4.78, 5) is 9.09. The van der Waals surface area contributed by atoms with Crippen LogP contribution in [0.4, 0.5) is 5.82 Å². The van der Waals surface area contributed by atoms with Gasteiger partial charge in [-0.05, 0) is 31.4 Å². The first kappa shape index (κ1) is 9.54. The van der Waals surface area contributed by atoms with E-state index >= 15 is 0 Å². The first-order chi connectivity index (χ1) is 7.79. The van der Waals surface area contributed by atoms with Crippen molar-refractivity contribution in [3.63, 3.8) is 0 Å². The maximum Gasteiger partial charge on any atom is 0.151 e. The highest BCUT2D eigenvalue weighted by molar-refractivity contribution is 5.91. The summed E-state index contributed by atoms with van der Waals surface area (Å²) >= 11 is 0. The topological polar surface area (TPSA) is 63.8 Å². The Labute approximate surface area is 93.9 Å². The Morgan fingerprint density at radius 3 is 2.81 bits per heavy atom. The Morgan fingerprint density at radius 1 is 1.31 bits per heavy atom. The second kappa shape index (κ2) is 3.42. The van der Waals surface area contributed by atoms with E-state index < -0.39 is 0 Å². The maximum atomic E-state index is 5.53. The number of nitrogens with two attached hydrogens (primary N) is 1. The third-order valence-electron chi connectivity index (χ3n) is 3.03. The lowest BCUT2D eigenvalue weighted by atomic mass is 10.1. The molecule has 16 heavy (non-hydrogen) atoms. The van der Waals surface area contributed by atoms with E-state index in [1.165, 1.54) is 12.8 Å². The van der Waals surface area contributed by atoms with Gasteiger partial charge in [0.1, 0.15) is 5.82 Å². The van der Waals surface area contributed by atoms with Crippen molar-refractivity contribution in [1.29, 1.82) is 0 Å². The van der Waals surface area contributed by atoms with Gasteiger partial charge in [0.05, 0.1) is 5.52 Å². The molecule has 2 aromatic rings. The third-order valence-corrected chi connectivity index (χ3v) is 3.03. The SMILES string of the molecule is Cc1cccc2nc(C3CC3)nc(NN)c12. The molecular weight excluding hydrogens is 200 g/mol. The van der Waals surface area contributed by atoms with Gasteiger partial charge in [-0.1, -0.05) is 12.1 Å². The van der Waals surface area contributed by atoms with Crippen molar-refractivity contribution in [2.24, 2.45) is 5.84 Å². The summed E-state index contributed by atoms with van der Waals surface area (Å²) < 4.78 is 0. The monoisotopic (exact) mass is 214 g/mol. The van der Waals surface area contributed by atoms with Gasteiger partial charge in [-0.15, -0.1) is 0 Å². The van der Waals surface area contributed by atoms with Gasteiger partial charge in [-0.3, -0.25) is 0 Å². The zero-order valence-electron chi connectivity index (χ0n) is 9.20. The second-order valence-corrected chi connectivity index (χ2v) is 4.32. The third kappa shape index (κ3) is 1.42. The van der Waals surface area contributed by atoms with Gasteiger partial charge in [0.2, 0.25) is 0 Å². The summed E-state index contributed by atoms with van der Waals surface area (Å²) in [6.07, 6.45) is 2.39. The number of hydrogen-bond acceptors (Lipinski definition) is 4. The van der Waals surface area contributed by atoms with Crippen molar-refractivity contribution in [2.45, 2.75) is 25.7 Å². The van der Waals surface area contributed by atoms with Crippen LogP contribution in [-0.2, 0) is 0 Å². The van der Waals surface area contributed by atoms with Crippen LogP contribution in [0.1, 0.15) is 30.1 Å². The van der Waals surface area contributed by atoms with Crippen molar-refractivity contribution in [1.82, 2.24) is 9.97 Å². The van der Waals surface area contributed by atoms with E-state index in [0.717, 1.165) is 28.1 Å². The molecule has 0 spiro atoms. The predicted molar refractivity (Wildman–Crippen MR) is 64.1 cm³/mol. The Hall–Kier alpha value is -1.68. The number of aromatic nitrogens is 2. The van der Waals surface area contributed by atoms with Crippen molar-refractivity contribution in [3.8, 4) is 0 Å². The Morgan fingerprint density at radius 2 is 2.12 bits per heavy atom. The fourth-order valence-corrected chi connectivity index (χ4v) is 2.00. The first-order valence-electron chi connectivity index (χ1n) is 5.53. The first-order valence-corrected chi connectivity index (χ1v) is 5.53. The highest BCUT2D eigenvalue weighted by Gasteiger charge is 2.27. The molecule has 1 heterocycles. The molecule has 0 amide bonds. The largest absolute Gasteiger partial charge is 0.308 e. The molecule has 0 bridgehead atoms. The number of aryl methyl sites for hydroxylation is 1. The normalized spacial score (nSPS) is 15.4. The summed E-state index contributed by atoms with van der Waals surface area (Å²) in [6, 6.07) is 6.07. The van der Waals surface area contributed by atoms with Crippen LogP contribution in [0.25, 0.3) is 10.9 Å². The van der Waals surface area contributed by atoms with Gasteiger partial charge in [0, 0.05) is 11.3 Å². The van der Waals surface area contributed by atoms with E-state index in [9.17, 15) is 0 Å². The van der Waals surface area contributed by atoms with Crippen LogP contribution in [0.2, 0.25) is 0 Å². The highest BCUT2D eigenvalue weighted by atomic mass is 15.3. The minimum atomic E-state index is 0.539. The van der Waals surface area contributed by atoms with Crippen LogP contribution in [0.15, 0.2) is 18.2 Å². The summed E-state index contributed by atoms with van der Waals surface area (Å²) in [7, 11) is 0. The minimum absolute atomic E-state index is 0.539. The molecule has 1 aliphatic carbocycles. The van der Waals surface area contributed by atoms with Crippen LogP contribution in [0.3, 0.4) is 0 Å². The summed E-state index contributed by atoms with van der Waals surface area (Å²) in [5.74, 6) is 7.74. The standard InChI is InChI=1S/C12H14N4/c1-7-3-2-4-9-10(7)12(16-13)15-11(14-9)8-5-6-8/h2-4,8H,5-6,13H2,1H3,(H,14,15,16). The average Bonchev–Trinajstić information content (AvgIpc) is 3.11. The molecule has 1 aromatic heterocycles. The molecule has 1 saturated carbocycles. The number of benzene rings is 1. The van der Waals surface area contributed by atoms with E-state index in [-0.39, 0.29) is 0 Å². The molecule has 0 aliphatic heterocycles. The minimum Gasteiger partial charge on any atom is -0.308 e. The predicted octanol–water partition coefficient (Wildman–Crippen LogP) is 2.10. The fourth-order valence-electron chi connectivity index (χ4n) is 2.00. The zero-order chi connectivity index (χ0) is 11.1. The number of nitrogens with zero attached hydrogens (tertiary/aromatic N) is 2. The molecule has 3 rings (SSSR count). The second-order valence-electron chi connectivity index (χ2n) is 4.32.